The van der Waals surface area contributed by atoms with Gasteiger partial charge in [0.25, 0.3) is 5.91 Å². The molecule has 3 aromatic rings. The maximum atomic E-state index is 12.5. The Morgan fingerprint density at radius 1 is 1.33 bits per heavy atom. The van der Waals surface area contributed by atoms with Gasteiger partial charge in [-0.2, -0.15) is 0 Å². The SMILES string of the molecule is COC(=O)CC(NC(=O)c1cc2cccc(Br)c2o1)c1cccs1. The van der Waals surface area contributed by atoms with Crippen molar-refractivity contribution in [2.75, 3.05) is 7.11 Å². The first-order chi connectivity index (χ1) is 11.6. The van der Waals surface area contributed by atoms with E-state index in [4.69, 9.17) is 9.15 Å². The van der Waals surface area contributed by atoms with Gasteiger partial charge >= 0.3 is 5.97 Å². The van der Waals surface area contributed by atoms with Crippen molar-refractivity contribution in [2.24, 2.45) is 0 Å². The van der Waals surface area contributed by atoms with Crippen LogP contribution in [0.2, 0.25) is 0 Å². The number of carbonyl (C=O) groups excluding carboxylic acids is 2. The van der Waals surface area contributed by atoms with E-state index in [0.717, 1.165) is 14.7 Å². The Morgan fingerprint density at radius 3 is 2.83 bits per heavy atom. The number of hydrogen-bond acceptors (Lipinski definition) is 5. The first kappa shape index (κ1) is 16.7. The minimum Gasteiger partial charge on any atom is -0.469 e. The number of furan rings is 1. The minimum atomic E-state index is -0.457. The topological polar surface area (TPSA) is 68.5 Å². The molecule has 1 unspecified atom stereocenters. The van der Waals surface area contributed by atoms with Crippen LogP contribution in [0.4, 0.5) is 0 Å². The zero-order valence-corrected chi connectivity index (χ0v) is 15.1. The van der Waals surface area contributed by atoms with E-state index in [2.05, 4.69) is 21.2 Å². The molecule has 1 N–H and O–H groups in total. The number of nitrogens with one attached hydrogen (secondary N) is 1. The summed E-state index contributed by atoms with van der Waals surface area (Å²) in [7, 11) is 1.33. The van der Waals surface area contributed by atoms with Gasteiger partial charge in [-0.1, -0.05) is 18.2 Å². The molecule has 2 aromatic heterocycles. The lowest BCUT2D eigenvalue weighted by molar-refractivity contribution is -0.141. The molecule has 5 nitrogen and oxygen atoms in total. The van der Waals surface area contributed by atoms with Crippen LogP contribution in [-0.4, -0.2) is 19.0 Å². The Balaban J connectivity index is 1.84. The zero-order chi connectivity index (χ0) is 17.1. The molecule has 7 heteroatoms. The number of carbonyl (C=O) groups is 2. The largest absolute Gasteiger partial charge is 0.469 e. The monoisotopic (exact) mass is 407 g/mol. The minimum absolute atomic E-state index is 0.0622. The van der Waals surface area contributed by atoms with E-state index >= 15 is 0 Å². The summed E-state index contributed by atoms with van der Waals surface area (Å²) in [5.74, 6) is -0.565. The molecule has 0 aliphatic heterocycles. The van der Waals surface area contributed by atoms with Crippen molar-refractivity contribution in [3.8, 4) is 0 Å². The molecular formula is C17H14BrNO4S. The van der Waals surface area contributed by atoms with Crippen LogP contribution in [0.5, 0.6) is 0 Å². The Morgan fingerprint density at radius 2 is 2.17 bits per heavy atom. The number of esters is 1. The Bertz CT molecular complexity index is 872. The lowest BCUT2D eigenvalue weighted by Gasteiger charge is -2.15. The van der Waals surface area contributed by atoms with Crippen LogP contribution >= 0.6 is 27.3 Å². The number of halogens is 1. The van der Waals surface area contributed by atoms with Gasteiger partial charge in [-0.15, -0.1) is 11.3 Å². The molecule has 0 spiro atoms. The van der Waals surface area contributed by atoms with Crippen molar-refractivity contribution < 1.29 is 18.7 Å². The van der Waals surface area contributed by atoms with Gasteiger partial charge in [0.05, 0.1) is 24.0 Å². The van der Waals surface area contributed by atoms with E-state index in [1.807, 2.05) is 35.7 Å². The summed E-state index contributed by atoms with van der Waals surface area (Å²) in [4.78, 5) is 25.0. The summed E-state index contributed by atoms with van der Waals surface area (Å²) in [6.07, 6.45) is 0.0622. The molecule has 0 fully saturated rings. The number of amides is 1. The van der Waals surface area contributed by atoms with E-state index < -0.39 is 6.04 Å². The third-order valence-electron chi connectivity index (χ3n) is 3.51. The Labute approximate surface area is 150 Å². The predicted molar refractivity (Wildman–Crippen MR) is 95.1 cm³/mol. The molecule has 1 amide bonds. The van der Waals surface area contributed by atoms with Crippen molar-refractivity contribution in [1.29, 1.82) is 0 Å². The summed E-state index contributed by atoms with van der Waals surface area (Å²) in [6, 6.07) is 10.5. The molecule has 0 aliphatic carbocycles. The number of para-hydroxylation sites is 1. The molecule has 1 atom stereocenters. The van der Waals surface area contributed by atoms with Gasteiger partial charge in [-0.05, 0) is 39.5 Å². The maximum Gasteiger partial charge on any atom is 0.307 e. The fraction of sp³-hybridized carbons (Fsp3) is 0.176. The van der Waals surface area contributed by atoms with Crippen LogP contribution in [0.3, 0.4) is 0 Å². The van der Waals surface area contributed by atoms with Crippen LogP contribution in [0.15, 0.2) is 50.7 Å². The number of hydrogen-bond donors (Lipinski definition) is 1. The van der Waals surface area contributed by atoms with Crippen molar-refractivity contribution in [3.63, 3.8) is 0 Å². The molecule has 0 saturated carbocycles. The highest BCUT2D eigenvalue weighted by molar-refractivity contribution is 9.10. The van der Waals surface area contributed by atoms with Crippen molar-refractivity contribution >= 4 is 50.1 Å². The van der Waals surface area contributed by atoms with E-state index in [9.17, 15) is 9.59 Å². The third-order valence-corrected chi connectivity index (χ3v) is 5.12. The number of rotatable bonds is 5. The van der Waals surface area contributed by atoms with Crippen molar-refractivity contribution in [1.82, 2.24) is 5.32 Å². The maximum absolute atomic E-state index is 12.5. The number of thiophene rings is 1. The van der Waals surface area contributed by atoms with E-state index in [0.29, 0.717) is 5.58 Å². The molecule has 0 aliphatic rings. The smallest absolute Gasteiger partial charge is 0.307 e. The highest BCUT2D eigenvalue weighted by atomic mass is 79.9. The number of benzene rings is 1. The second kappa shape index (κ2) is 7.19. The number of methoxy groups -OCH3 is 1. The average Bonchev–Trinajstić information content (AvgIpc) is 3.24. The van der Waals surface area contributed by atoms with Gasteiger partial charge in [0.1, 0.15) is 5.58 Å². The van der Waals surface area contributed by atoms with E-state index in [1.54, 1.807) is 6.07 Å². The summed E-state index contributed by atoms with van der Waals surface area (Å²) >= 11 is 4.87. The van der Waals surface area contributed by atoms with Crippen LogP contribution in [0.25, 0.3) is 11.0 Å². The lowest BCUT2D eigenvalue weighted by Crippen LogP contribution is -2.29. The first-order valence-electron chi connectivity index (χ1n) is 7.17. The van der Waals surface area contributed by atoms with Crippen LogP contribution in [0.1, 0.15) is 27.9 Å². The zero-order valence-electron chi connectivity index (χ0n) is 12.7. The molecule has 0 radical (unpaired) electrons. The average molecular weight is 408 g/mol. The second-order valence-corrected chi connectivity index (χ2v) is 6.92. The molecule has 1 aromatic carbocycles. The fourth-order valence-corrected chi connectivity index (χ4v) is 3.57. The summed E-state index contributed by atoms with van der Waals surface area (Å²) in [6.45, 7) is 0. The number of fused-ring (bicyclic) bond motifs is 1. The quantitative estimate of drug-likeness (QED) is 0.640. The first-order valence-corrected chi connectivity index (χ1v) is 8.85. The molecule has 3 rings (SSSR count). The highest BCUT2D eigenvalue weighted by Gasteiger charge is 2.22. The summed E-state index contributed by atoms with van der Waals surface area (Å²) in [5.41, 5.74) is 0.614. The number of ether oxygens (including phenoxy) is 1. The van der Waals surface area contributed by atoms with Gasteiger partial charge in [0, 0.05) is 10.3 Å². The van der Waals surface area contributed by atoms with Gasteiger partial charge < -0.3 is 14.5 Å². The van der Waals surface area contributed by atoms with Crippen LogP contribution in [-0.2, 0) is 9.53 Å². The van der Waals surface area contributed by atoms with Gasteiger partial charge in [0.2, 0.25) is 0 Å². The van der Waals surface area contributed by atoms with Crippen LogP contribution < -0.4 is 5.32 Å². The van der Waals surface area contributed by atoms with Crippen molar-refractivity contribution in [3.05, 3.63) is 56.9 Å². The predicted octanol–water partition coefficient (Wildman–Crippen LogP) is 4.29. The molecule has 24 heavy (non-hydrogen) atoms. The molecule has 124 valence electrons. The second-order valence-electron chi connectivity index (χ2n) is 5.09. The van der Waals surface area contributed by atoms with Gasteiger partial charge in [0.15, 0.2) is 5.76 Å². The highest BCUT2D eigenvalue weighted by Crippen LogP contribution is 2.28. The Kier molecular flexibility index (Phi) is 5.01. The molecule has 0 bridgehead atoms. The molecule has 0 saturated heterocycles. The van der Waals surface area contributed by atoms with E-state index in [-0.39, 0.29) is 24.1 Å². The summed E-state index contributed by atoms with van der Waals surface area (Å²) in [5, 5.41) is 5.56. The summed E-state index contributed by atoms with van der Waals surface area (Å²) < 4.78 is 11.1. The van der Waals surface area contributed by atoms with Crippen LogP contribution in [0, 0.1) is 0 Å². The molecular weight excluding hydrogens is 394 g/mol. The van der Waals surface area contributed by atoms with E-state index in [1.165, 1.54) is 18.4 Å². The normalized spacial score (nSPS) is 12.1. The van der Waals surface area contributed by atoms with Gasteiger partial charge in [-0.25, -0.2) is 0 Å². The standard InChI is InChI=1S/C17H14BrNO4S/c1-22-15(20)9-12(14-6-3-7-24-14)19-17(21)13-8-10-4-2-5-11(18)16(10)23-13/h2-8,12H,9H2,1H3,(H,19,21). The third kappa shape index (κ3) is 3.52. The lowest BCUT2D eigenvalue weighted by atomic mass is 10.1. The fourth-order valence-electron chi connectivity index (χ4n) is 2.33. The Hall–Kier alpha value is -2.12. The van der Waals surface area contributed by atoms with Crippen molar-refractivity contribution in [2.45, 2.75) is 12.5 Å². The van der Waals surface area contributed by atoms with Gasteiger partial charge in [-0.3, -0.25) is 9.59 Å². The molecule has 2 heterocycles.